The van der Waals surface area contributed by atoms with E-state index in [-0.39, 0.29) is 11.6 Å². The van der Waals surface area contributed by atoms with E-state index >= 15 is 0 Å². The van der Waals surface area contributed by atoms with Gasteiger partial charge in [0.15, 0.2) is 0 Å². The molecule has 100 valence electrons. The number of ether oxygens (including phenoxy) is 1. The monoisotopic (exact) mass is 255 g/mol. The Kier molecular flexibility index (Phi) is 4.29. The predicted octanol–water partition coefficient (Wildman–Crippen LogP) is 2.18. The van der Waals surface area contributed by atoms with Gasteiger partial charge in [0.25, 0.3) is 0 Å². The summed E-state index contributed by atoms with van der Waals surface area (Å²) in [6.45, 7) is 5.00. The molecule has 0 amide bonds. The van der Waals surface area contributed by atoms with Gasteiger partial charge in [-0.05, 0) is 39.0 Å². The topological polar surface area (TPSA) is 58.6 Å². The van der Waals surface area contributed by atoms with Crippen LogP contribution in [0.15, 0.2) is 18.2 Å². The van der Waals surface area contributed by atoms with E-state index in [9.17, 15) is 14.3 Å². The number of benzene rings is 1. The van der Waals surface area contributed by atoms with Crippen molar-refractivity contribution >= 4 is 11.7 Å². The molecule has 0 aliphatic heterocycles. The van der Waals surface area contributed by atoms with Gasteiger partial charge in [-0.1, -0.05) is 0 Å². The summed E-state index contributed by atoms with van der Waals surface area (Å²) in [5, 5.41) is 12.7. The van der Waals surface area contributed by atoms with Gasteiger partial charge >= 0.3 is 5.97 Å². The predicted molar refractivity (Wildman–Crippen MR) is 67.1 cm³/mol. The Labute approximate surface area is 106 Å². The smallest absolute Gasteiger partial charge is 0.339 e. The van der Waals surface area contributed by atoms with Crippen molar-refractivity contribution in [1.82, 2.24) is 0 Å². The third-order valence-corrected chi connectivity index (χ3v) is 2.82. The van der Waals surface area contributed by atoms with Crippen LogP contribution >= 0.6 is 0 Å². The molecule has 1 unspecified atom stereocenters. The number of hydrogen-bond acceptors (Lipinski definition) is 4. The molecule has 4 nitrogen and oxygen atoms in total. The van der Waals surface area contributed by atoms with Gasteiger partial charge in [0.05, 0.1) is 30.0 Å². The van der Waals surface area contributed by atoms with Gasteiger partial charge in [0.1, 0.15) is 5.82 Å². The highest BCUT2D eigenvalue weighted by Gasteiger charge is 2.24. The van der Waals surface area contributed by atoms with Gasteiger partial charge in [-0.15, -0.1) is 0 Å². The Morgan fingerprint density at radius 1 is 1.50 bits per heavy atom. The maximum atomic E-state index is 13.2. The van der Waals surface area contributed by atoms with Gasteiger partial charge < -0.3 is 15.2 Å². The van der Waals surface area contributed by atoms with Crippen molar-refractivity contribution < 1.29 is 19.0 Å². The van der Waals surface area contributed by atoms with E-state index in [1.54, 1.807) is 20.8 Å². The molecule has 5 heteroatoms. The molecule has 0 saturated heterocycles. The lowest BCUT2D eigenvalue weighted by molar-refractivity contribution is 0.0593. The average molecular weight is 255 g/mol. The molecule has 0 aromatic heterocycles. The SMILES string of the molecule is COC(=O)c1ccc(F)cc1NC(C)C(C)(C)O. The second-order valence-electron chi connectivity index (χ2n) is 4.70. The van der Waals surface area contributed by atoms with Crippen LogP contribution in [0.5, 0.6) is 0 Å². The van der Waals surface area contributed by atoms with Crippen molar-refractivity contribution in [3.05, 3.63) is 29.6 Å². The lowest BCUT2D eigenvalue weighted by atomic mass is 10.00. The minimum Gasteiger partial charge on any atom is -0.465 e. The zero-order chi connectivity index (χ0) is 13.9. The van der Waals surface area contributed by atoms with E-state index in [1.165, 1.54) is 25.3 Å². The van der Waals surface area contributed by atoms with Crippen LogP contribution in [0.4, 0.5) is 10.1 Å². The number of carbonyl (C=O) groups excluding carboxylic acids is 1. The minimum absolute atomic E-state index is 0.231. The third-order valence-electron chi connectivity index (χ3n) is 2.82. The molecule has 0 spiro atoms. The largest absolute Gasteiger partial charge is 0.465 e. The highest BCUT2D eigenvalue weighted by Crippen LogP contribution is 2.22. The van der Waals surface area contributed by atoms with Crippen LogP contribution in [0.2, 0.25) is 0 Å². The van der Waals surface area contributed by atoms with E-state index in [2.05, 4.69) is 10.1 Å². The normalized spacial score (nSPS) is 13.0. The molecule has 0 aliphatic rings. The average Bonchev–Trinajstić information content (AvgIpc) is 2.27. The van der Waals surface area contributed by atoms with Crippen LogP contribution in [0.3, 0.4) is 0 Å². The second kappa shape index (κ2) is 5.35. The van der Waals surface area contributed by atoms with Crippen LogP contribution < -0.4 is 5.32 Å². The number of methoxy groups -OCH3 is 1. The first-order valence-corrected chi connectivity index (χ1v) is 5.62. The maximum Gasteiger partial charge on any atom is 0.339 e. The number of carbonyl (C=O) groups is 1. The van der Waals surface area contributed by atoms with Gasteiger partial charge in [0.2, 0.25) is 0 Å². The summed E-state index contributed by atoms with van der Waals surface area (Å²) in [7, 11) is 1.26. The second-order valence-corrected chi connectivity index (χ2v) is 4.70. The highest BCUT2D eigenvalue weighted by molar-refractivity contribution is 5.95. The molecule has 0 heterocycles. The third kappa shape index (κ3) is 3.43. The summed E-state index contributed by atoms with van der Waals surface area (Å²) in [5.41, 5.74) is -0.467. The van der Waals surface area contributed by atoms with Crippen LogP contribution in [0.1, 0.15) is 31.1 Å². The summed E-state index contributed by atoms with van der Waals surface area (Å²) in [6, 6.07) is 3.38. The number of esters is 1. The van der Waals surface area contributed by atoms with E-state index in [0.29, 0.717) is 5.69 Å². The summed E-state index contributed by atoms with van der Waals surface area (Å²) < 4.78 is 17.8. The number of nitrogens with one attached hydrogen (secondary N) is 1. The fourth-order valence-corrected chi connectivity index (χ4v) is 1.33. The molecule has 1 atom stereocenters. The molecule has 1 rings (SSSR count). The molecule has 0 bridgehead atoms. The first kappa shape index (κ1) is 14.4. The summed E-state index contributed by atoms with van der Waals surface area (Å²) in [5.74, 6) is -1.02. The van der Waals surface area contributed by atoms with Gasteiger partial charge in [-0.2, -0.15) is 0 Å². The van der Waals surface area contributed by atoms with Crippen LogP contribution in [0.25, 0.3) is 0 Å². The standard InChI is InChI=1S/C13H18FNO3/c1-8(13(2,3)17)15-11-7-9(14)5-6-10(11)12(16)18-4/h5-8,15,17H,1-4H3. The number of aliphatic hydroxyl groups is 1. The lowest BCUT2D eigenvalue weighted by Gasteiger charge is -2.28. The zero-order valence-corrected chi connectivity index (χ0v) is 11.0. The highest BCUT2D eigenvalue weighted by atomic mass is 19.1. The van der Waals surface area contributed by atoms with Crippen LogP contribution in [-0.2, 0) is 4.74 Å². The Morgan fingerprint density at radius 2 is 2.11 bits per heavy atom. The quantitative estimate of drug-likeness (QED) is 0.810. The first-order chi connectivity index (χ1) is 8.25. The van der Waals surface area contributed by atoms with Crippen LogP contribution in [0, 0.1) is 5.82 Å². The molecule has 0 aliphatic carbocycles. The molecule has 2 N–H and O–H groups in total. The summed E-state index contributed by atoms with van der Waals surface area (Å²) in [4.78, 5) is 11.5. The number of rotatable bonds is 4. The molecule has 0 radical (unpaired) electrons. The zero-order valence-electron chi connectivity index (χ0n) is 11.0. The fraction of sp³-hybridized carbons (Fsp3) is 0.462. The maximum absolute atomic E-state index is 13.2. The number of halogens is 1. The molecule has 1 aromatic carbocycles. The summed E-state index contributed by atoms with van der Waals surface area (Å²) >= 11 is 0. The Bertz CT molecular complexity index is 440. The van der Waals surface area contributed by atoms with Gasteiger partial charge in [-0.3, -0.25) is 0 Å². The van der Waals surface area contributed by atoms with Crippen molar-refractivity contribution in [3.8, 4) is 0 Å². The minimum atomic E-state index is -1.00. The molecule has 0 fully saturated rings. The van der Waals surface area contributed by atoms with E-state index in [4.69, 9.17) is 0 Å². The Morgan fingerprint density at radius 3 is 2.61 bits per heavy atom. The van der Waals surface area contributed by atoms with Gasteiger partial charge in [-0.25, -0.2) is 9.18 Å². The molecule has 1 aromatic rings. The van der Waals surface area contributed by atoms with Crippen molar-refractivity contribution in [2.24, 2.45) is 0 Å². The molecule has 18 heavy (non-hydrogen) atoms. The Balaban J connectivity index is 3.07. The number of anilines is 1. The van der Waals surface area contributed by atoms with E-state index < -0.39 is 17.4 Å². The van der Waals surface area contributed by atoms with Crippen molar-refractivity contribution in [1.29, 1.82) is 0 Å². The van der Waals surface area contributed by atoms with Gasteiger partial charge in [0, 0.05) is 0 Å². The molecular weight excluding hydrogens is 237 g/mol. The van der Waals surface area contributed by atoms with Crippen LogP contribution in [-0.4, -0.2) is 29.8 Å². The van der Waals surface area contributed by atoms with Crippen molar-refractivity contribution in [3.63, 3.8) is 0 Å². The first-order valence-electron chi connectivity index (χ1n) is 5.62. The molecular formula is C13H18FNO3. The number of hydrogen-bond donors (Lipinski definition) is 2. The fourth-order valence-electron chi connectivity index (χ4n) is 1.33. The van der Waals surface area contributed by atoms with E-state index in [0.717, 1.165) is 0 Å². The molecule has 0 saturated carbocycles. The Hall–Kier alpha value is -1.62. The van der Waals surface area contributed by atoms with E-state index in [1.807, 2.05) is 0 Å². The summed E-state index contributed by atoms with van der Waals surface area (Å²) in [6.07, 6.45) is 0. The van der Waals surface area contributed by atoms with Crippen molar-refractivity contribution in [2.45, 2.75) is 32.4 Å². The lowest BCUT2D eigenvalue weighted by Crippen LogP contribution is -2.39. The van der Waals surface area contributed by atoms with Crippen molar-refractivity contribution in [2.75, 3.05) is 12.4 Å².